The predicted octanol–water partition coefficient (Wildman–Crippen LogP) is 0.128. The molecule has 0 heterocycles. The van der Waals surface area contributed by atoms with Crippen molar-refractivity contribution in [2.75, 3.05) is 6.54 Å². The van der Waals surface area contributed by atoms with E-state index in [1.807, 2.05) is 6.92 Å². The molecule has 0 aliphatic carbocycles. The van der Waals surface area contributed by atoms with Gasteiger partial charge in [-0.1, -0.05) is 6.92 Å². The number of hydrogen-bond donors (Lipinski definition) is 3. The van der Waals surface area contributed by atoms with Gasteiger partial charge < -0.3 is 0 Å². The van der Waals surface area contributed by atoms with Gasteiger partial charge in [-0.05, 0) is 18.2 Å². The molecule has 0 aromatic heterocycles. The van der Waals surface area contributed by atoms with Crippen LogP contribution in [0.4, 0.5) is 0 Å². The first-order valence-electron chi connectivity index (χ1n) is 2.48. The predicted molar refractivity (Wildman–Crippen MR) is 41.0 cm³/mol. The van der Waals surface area contributed by atoms with Crippen LogP contribution in [0.3, 0.4) is 0 Å². The normalized spacial score (nSPS) is 11.9. The van der Waals surface area contributed by atoms with E-state index < -0.39 is 6.49 Å². The molecule has 50 valence electrons. The standard InChI is InChI=1S/C3H12N3PS/c1-2-3-6-7(4,5)8/h2-3H2,1H3,(H5,4,5,6,8). The van der Waals surface area contributed by atoms with Gasteiger partial charge in [0.25, 0.3) is 0 Å². The molecule has 0 unspecified atom stereocenters. The Morgan fingerprint density at radius 2 is 2.12 bits per heavy atom. The van der Waals surface area contributed by atoms with Crippen LogP contribution in [0.15, 0.2) is 0 Å². The first-order chi connectivity index (χ1) is 3.56. The van der Waals surface area contributed by atoms with E-state index in [0.29, 0.717) is 0 Å². The number of nitrogens with one attached hydrogen (secondary N) is 1. The summed E-state index contributed by atoms with van der Waals surface area (Å²) < 4.78 is 0. The van der Waals surface area contributed by atoms with Crippen LogP contribution in [0.2, 0.25) is 0 Å². The van der Waals surface area contributed by atoms with Gasteiger partial charge in [-0.3, -0.25) is 16.1 Å². The highest BCUT2D eigenvalue weighted by molar-refractivity contribution is 8.11. The zero-order valence-corrected chi connectivity index (χ0v) is 6.64. The molecule has 3 nitrogen and oxygen atoms in total. The van der Waals surface area contributed by atoms with Gasteiger partial charge in [0.05, 0.1) is 0 Å². The minimum absolute atomic E-state index is 0.824. The molecule has 0 aliphatic rings. The average Bonchev–Trinajstić information content (AvgIpc) is 1.59. The molecule has 0 atom stereocenters. The summed E-state index contributed by atoms with van der Waals surface area (Å²) in [6.07, 6.45) is 1.02. The van der Waals surface area contributed by atoms with Crippen molar-refractivity contribution in [1.29, 1.82) is 0 Å². The molecule has 0 aromatic carbocycles. The molecule has 0 rings (SSSR count). The van der Waals surface area contributed by atoms with Crippen LogP contribution >= 0.6 is 6.49 Å². The van der Waals surface area contributed by atoms with E-state index in [1.165, 1.54) is 0 Å². The Morgan fingerprint density at radius 1 is 1.62 bits per heavy atom. The van der Waals surface area contributed by atoms with Crippen molar-refractivity contribution in [3.63, 3.8) is 0 Å². The van der Waals surface area contributed by atoms with Crippen molar-refractivity contribution in [3.8, 4) is 0 Å². The van der Waals surface area contributed by atoms with Gasteiger partial charge in [-0.2, -0.15) is 0 Å². The van der Waals surface area contributed by atoms with E-state index in [2.05, 4.69) is 5.09 Å². The number of nitrogens with two attached hydrogens (primary N) is 2. The summed E-state index contributed by atoms with van der Waals surface area (Å²) in [6.45, 7) is 0.764. The maximum Gasteiger partial charge on any atom is 0.132 e. The van der Waals surface area contributed by atoms with E-state index >= 15 is 0 Å². The molecule has 0 aliphatic heterocycles. The van der Waals surface area contributed by atoms with Gasteiger partial charge in [-0.25, -0.2) is 0 Å². The monoisotopic (exact) mass is 153 g/mol. The van der Waals surface area contributed by atoms with Crippen LogP contribution in [-0.4, -0.2) is 6.54 Å². The lowest BCUT2D eigenvalue weighted by molar-refractivity contribution is 0.864. The third-order valence-electron chi connectivity index (χ3n) is 0.609. The van der Waals surface area contributed by atoms with Crippen LogP contribution in [0.25, 0.3) is 0 Å². The fraction of sp³-hybridized carbons (Fsp3) is 1.00. The second-order valence-corrected chi connectivity index (χ2v) is 5.17. The van der Waals surface area contributed by atoms with Gasteiger partial charge in [0.15, 0.2) is 0 Å². The second kappa shape index (κ2) is 3.54. The zero-order chi connectivity index (χ0) is 6.62. The second-order valence-electron chi connectivity index (χ2n) is 1.62. The topological polar surface area (TPSA) is 64.1 Å². The van der Waals surface area contributed by atoms with Gasteiger partial charge in [-0.15, -0.1) is 0 Å². The molecule has 0 bridgehead atoms. The Morgan fingerprint density at radius 3 is 2.25 bits per heavy atom. The van der Waals surface area contributed by atoms with Crippen molar-refractivity contribution >= 4 is 18.3 Å². The molecule has 0 saturated heterocycles. The third kappa shape index (κ3) is 6.53. The lowest BCUT2D eigenvalue weighted by atomic mass is 10.5. The highest BCUT2D eigenvalue weighted by atomic mass is 32.4. The maximum atomic E-state index is 5.31. The molecule has 8 heavy (non-hydrogen) atoms. The van der Waals surface area contributed by atoms with Crippen molar-refractivity contribution < 1.29 is 0 Å². The molecule has 5 heteroatoms. The Labute approximate surface area is 55.0 Å². The van der Waals surface area contributed by atoms with E-state index in [4.69, 9.17) is 22.8 Å². The summed E-state index contributed by atoms with van der Waals surface area (Å²) in [5, 5.41) is 2.85. The van der Waals surface area contributed by atoms with Gasteiger partial charge in [0.1, 0.15) is 6.49 Å². The number of hydrogen-bond acceptors (Lipinski definition) is 1. The Kier molecular flexibility index (Phi) is 3.77. The highest BCUT2D eigenvalue weighted by Crippen LogP contribution is 2.16. The molecule has 0 fully saturated rings. The van der Waals surface area contributed by atoms with Gasteiger partial charge in [0, 0.05) is 6.54 Å². The van der Waals surface area contributed by atoms with E-state index in [-0.39, 0.29) is 0 Å². The van der Waals surface area contributed by atoms with Gasteiger partial charge in [0.2, 0.25) is 0 Å². The summed E-state index contributed by atoms with van der Waals surface area (Å²) >= 11 is 4.71. The largest absolute Gasteiger partial charge is 0.280 e. The summed E-state index contributed by atoms with van der Waals surface area (Å²) in [5.74, 6) is 0. The molecule has 0 spiro atoms. The SMILES string of the molecule is CCCNP(N)(N)=S. The summed E-state index contributed by atoms with van der Waals surface area (Å²) in [7, 11) is 0. The van der Waals surface area contributed by atoms with Crippen molar-refractivity contribution in [2.45, 2.75) is 13.3 Å². The third-order valence-corrected chi connectivity index (χ3v) is 1.71. The summed E-state index contributed by atoms with van der Waals surface area (Å²) in [5.41, 5.74) is 10.6. The molecular formula is C3H12N3PS. The Balaban J connectivity index is 3.26. The molecule has 5 N–H and O–H groups in total. The summed E-state index contributed by atoms with van der Waals surface area (Å²) in [6, 6.07) is 0. The molecule has 0 saturated carbocycles. The maximum absolute atomic E-state index is 5.31. The Bertz CT molecular complexity index is 98.7. The molecular weight excluding hydrogens is 141 g/mol. The van der Waals surface area contributed by atoms with Crippen LogP contribution in [0, 0.1) is 0 Å². The first-order valence-corrected chi connectivity index (χ1v) is 5.42. The van der Waals surface area contributed by atoms with E-state index in [9.17, 15) is 0 Å². The number of rotatable bonds is 3. The quantitative estimate of drug-likeness (QED) is 0.504. The smallest absolute Gasteiger partial charge is 0.132 e. The van der Waals surface area contributed by atoms with Crippen molar-refractivity contribution in [1.82, 2.24) is 5.09 Å². The average molecular weight is 153 g/mol. The molecule has 0 aromatic rings. The van der Waals surface area contributed by atoms with Crippen molar-refractivity contribution in [3.05, 3.63) is 0 Å². The van der Waals surface area contributed by atoms with Crippen LogP contribution in [0.5, 0.6) is 0 Å². The highest BCUT2D eigenvalue weighted by Gasteiger charge is 1.96. The molecule has 0 amide bonds. The molecule has 0 radical (unpaired) electrons. The lowest BCUT2D eigenvalue weighted by Crippen LogP contribution is -2.22. The van der Waals surface area contributed by atoms with E-state index in [0.717, 1.165) is 13.0 Å². The first kappa shape index (κ1) is 8.53. The fourth-order valence-corrected chi connectivity index (χ4v) is 1.13. The zero-order valence-electron chi connectivity index (χ0n) is 4.92. The van der Waals surface area contributed by atoms with Crippen LogP contribution in [0.1, 0.15) is 13.3 Å². The van der Waals surface area contributed by atoms with Crippen LogP contribution < -0.4 is 16.1 Å². The van der Waals surface area contributed by atoms with E-state index in [1.54, 1.807) is 0 Å². The summed E-state index contributed by atoms with van der Waals surface area (Å²) in [4.78, 5) is 0. The minimum Gasteiger partial charge on any atom is -0.280 e. The Hall–Kier alpha value is 0.530. The van der Waals surface area contributed by atoms with Gasteiger partial charge >= 0.3 is 0 Å². The van der Waals surface area contributed by atoms with Crippen LogP contribution in [-0.2, 0) is 11.8 Å². The lowest BCUT2D eigenvalue weighted by Gasteiger charge is -2.09. The fourth-order valence-electron chi connectivity index (χ4n) is 0.287. The minimum atomic E-state index is -2.10. The van der Waals surface area contributed by atoms with Crippen molar-refractivity contribution in [2.24, 2.45) is 11.0 Å².